The molecule has 2 fully saturated rings. The molecule has 0 spiro atoms. The van der Waals surface area contributed by atoms with Crippen LogP contribution in [0.4, 0.5) is 0 Å². The smallest absolute Gasteiger partial charge is 0.313 e. The molecule has 0 unspecified atom stereocenters. The Morgan fingerprint density at radius 2 is 2.08 bits per heavy atom. The first-order valence-corrected chi connectivity index (χ1v) is 8.72. The predicted octanol–water partition coefficient (Wildman–Crippen LogP) is 1.55. The van der Waals surface area contributed by atoms with Crippen LogP contribution < -0.4 is 4.74 Å². The third-order valence-electron chi connectivity index (χ3n) is 5.79. The first-order valence-electron chi connectivity index (χ1n) is 8.72. The van der Waals surface area contributed by atoms with Crippen molar-refractivity contribution in [2.75, 3.05) is 39.8 Å². The van der Waals surface area contributed by atoms with E-state index in [0.717, 1.165) is 24.1 Å². The zero-order valence-electron chi connectivity index (χ0n) is 15.1. The molecular weight excluding hydrogens is 320 g/mol. The summed E-state index contributed by atoms with van der Waals surface area (Å²) in [6.45, 7) is 6.07. The first-order chi connectivity index (χ1) is 11.8. The van der Waals surface area contributed by atoms with Gasteiger partial charge in [-0.1, -0.05) is 12.1 Å². The number of amides is 1. The van der Waals surface area contributed by atoms with E-state index in [4.69, 9.17) is 4.74 Å². The quantitative estimate of drug-likeness (QED) is 0.896. The third-order valence-corrected chi connectivity index (χ3v) is 5.79. The van der Waals surface area contributed by atoms with Crippen LogP contribution in [-0.4, -0.2) is 66.6 Å². The van der Waals surface area contributed by atoms with Gasteiger partial charge in [0.15, 0.2) is 6.61 Å². The zero-order valence-corrected chi connectivity index (χ0v) is 15.1. The average Bonchev–Trinajstić information content (AvgIpc) is 2.96. The van der Waals surface area contributed by atoms with Crippen LogP contribution in [0.3, 0.4) is 0 Å². The molecule has 2 atom stereocenters. The molecule has 0 aliphatic carbocycles. The predicted molar refractivity (Wildman–Crippen MR) is 93.7 cm³/mol. The molecule has 0 bridgehead atoms. The van der Waals surface area contributed by atoms with Crippen molar-refractivity contribution in [1.29, 1.82) is 0 Å². The van der Waals surface area contributed by atoms with E-state index in [0.29, 0.717) is 18.8 Å². The molecule has 2 saturated heterocycles. The van der Waals surface area contributed by atoms with E-state index in [9.17, 15) is 14.7 Å². The lowest BCUT2D eigenvalue weighted by atomic mass is 9.73. The molecule has 0 aromatic heterocycles. The number of hydrogen-bond donors (Lipinski definition) is 1. The van der Waals surface area contributed by atoms with Crippen LogP contribution in [0.15, 0.2) is 18.2 Å². The highest BCUT2D eigenvalue weighted by molar-refractivity contribution is 5.82. The van der Waals surface area contributed by atoms with Crippen molar-refractivity contribution in [2.45, 2.75) is 20.3 Å². The third kappa shape index (κ3) is 3.23. The molecule has 0 saturated carbocycles. The van der Waals surface area contributed by atoms with Gasteiger partial charge >= 0.3 is 5.97 Å². The topological polar surface area (TPSA) is 70.1 Å². The molecule has 2 heterocycles. The summed E-state index contributed by atoms with van der Waals surface area (Å²) in [7, 11) is 1.94. The van der Waals surface area contributed by atoms with E-state index >= 15 is 0 Å². The summed E-state index contributed by atoms with van der Waals surface area (Å²) >= 11 is 0. The molecule has 1 aromatic carbocycles. The van der Waals surface area contributed by atoms with Gasteiger partial charge in [0.2, 0.25) is 0 Å². The molecule has 2 aliphatic rings. The molecule has 25 heavy (non-hydrogen) atoms. The number of carboxylic acid groups (broad SMARTS) is 1. The van der Waals surface area contributed by atoms with Crippen LogP contribution in [0.1, 0.15) is 17.5 Å². The van der Waals surface area contributed by atoms with E-state index < -0.39 is 11.4 Å². The van der Waals surface area contributed by atoms with Gasteiger partial charge < -0.3 is 19.6 Å². The monoisotopic (exact) mass is 346 g/mol. The molecule has 1 N–H and O–H groups in total. The molecule has 1 aromatic rings. The Balaban J connectivity index is 1.67. The maximum absolute atomic E-state index is 12.6. The highest BCUT2D eigenvalue weighted by atomic mass is 16.5. The number of carbonyl (C=O) groups excluding carboxylic acids is 1. The van der Waals surface area contributed by atoms with Crippen molar-refractivity contribution in [1.82, 2.24) is 9.80 Å². The van der Waals surface area contributed by atoms with Gasteiger partial charge in [-0.2, -0.15) is 0 Å². The number of hydrogen-bond acceptors (Lipinski definition) is 4. The molecule has 3 rings (SSSR count). The summed E-state index contributed by atoms with van der Waals surface area (Å²) in [5.74, 6) is -0.211. The summed E-state index contributed by atoms with van der Waals surface area (Å²) in [6.07, 6.45) is 0.810. The lowest BCUT2D eigenvalue weighted by Gasteiger charge is -2.39. The summed E-state index contributed by atoms with van der Waals surface area (Å²) < 4.78 is 5.71. The van der Waals surface area contributed by atoms with Crippen LogP contribution in [0.2, 0.25) is 0 Å². The number of fused-ring (bicyclic) bond motifs is 1. The highest BCUT2D eigenvalue weighted by Crippen LogP contribution is 2.42. The number of carbonyl (C=O) groups is 2. The minimum Gasteiger partial charge on any atom is -0.483 e. The second kappa shape index (κ2) is 6.67. The fraction of sp³-hybridized carbons (Fsp3) is 0.579. The minimum atomic E-state index is -0.845. The first kappa shape index (κ1) is 17.7. The molecule has 0 radical (unpaired) electrons. The summed E-state index contributed by atoms with van der Waals surface area (Å²) in [4.78, 5) is 28.3. The van der Waals surface area contributed by atoms with Crippen LogP contribution in [-0.2, 0) is 9.59 Å². The lowest BCUT2D eigenvalue weighted by Crippen LogP contribution is -2.52. The van der Waals surface area contributed by atoms with Gasteiger partial charge in [0.25, 0.3) is 5.91 Å². The van der Waals surface area contributed by atoms with Gasteiger partial charge in [-0.25, -0.2) is 0 Å². The van der Waals surface area contributed by atoms with Crippen molar-refractivity contribution >= 4 is 11.9 Å². The minimum absolute atomic E-state index is 0.0193. The number of aliphatic carboxylic acids is 1. The number of benzene rings is 1. The van der Waals surface area contributed by atoms with Crippen LogP contribution >= 0.6 is 0 Å². The number of likely N-dealkylation sites (tertiary alicyclic amines) is 2. The van der Waals surface area contributed by atoms with Crippen molar-refractivity contribution in [2.24, 2.45) is 11.3 Å². The largest absolute Gasteiger partial charge is 0.483 e. The normalized spacial score (nSPS) is 26.4. The van der Waals surface area contributed by atoms with Gasteiger partial charge in [0.1, 0.15) is 11.2 Å². The number of carboxylic acids is 1. The van der Waals surface area contributed by atoms with Gasteiger partial charge in [-0.3, -0.25) is 9.59 Å². The molecule has 2 aliphatic heterocycles. The van der Waals surface area contributed by atoms with E-state index in [2.05, 4.69) is 0 Å². The Bertz CT molecular complexity index is 690. The van der Waals surface area contributed by atoms with Gasteiger partial charge in [0, 0.05) is 19.6 Å². The van der Waals surface area contributed by atoms with Gasteiger partial charge in [0.05, 0.1) is 0 Å². The highest BCUT2D eigenvalue weighted by Gasteiger charge is 2.55. The fourth-order valence-corrected chi connectivity index (χ4v) is 4.07. The Kier molecular flexibility index (Phi) is 4.73. The van der Waals surface area contributed by atoms with Crippen molar-refractivity contribution < 1.29 is 19.4 Å². The molecule has 1 amide bonds. The van der Waals surface area contributed by atoms with Crippen molar-refractivity contribution in [3.05, 3.63) is 29.3 Å². The summed E-state index contributed by atoms with van der Waals surface area (Å²) in [6, 6.07) is 5.76. The number of piperidine rings is 1. The standard InChI is InChI=1S/C19H26N2O4/c1-13-5-4-6-16(14(13)2)25-10-17(22)21-9-15-7-8-20(3)11-19(15,12-21)18(23)24/h4-6,15H,7-12H2,1-3H3,(H,23,24)/t15-,19-/m0/s1. The Labute approximate surface area is 148 Å². The number of aryl methyl sites for hydroxylation is 1. The summed E-state index contributed by atoms with van der Waals surface area (Å²) in [5, 5.41) is 9.80. The van der Waals surface area contributed by atoms with E-state index in [-0.39, 0.29) is 25.0 Å². The van der Waals surface area contributed by atoms with Crippen LogP contribution in [0.5, 0.6) is 5.75 Å². The average molecular weight is 346 g/mol. The second-order valence-corrected chi connectivity index (χ2v) is 7.45. The van der Waals surface area contributed by atoms with Crippen molar-refractivity contribution in [3.63, 3.8) is 0 Å². The maximum atomic E-state index is 12.6. The Morgan fingerprint density at radius 3 is 2.80 bits per heavy atom. The summed E-state index contributed by atoms with van der Waals surface area (Å²) in [5.41, 5.74) is 1.29. The zero-order chi connectivity index (χ0) is 18.2. The SMILES string of the molecule is Cc1cccc(OCC(=O)N2C[C@@H]3CCN(C)C[C@]3(C(=O)O)C2)c1C. The van der Waals surface area contributed by atoms with Gasteiger partial charge in [-0.05, 0) is 57.0 Å². The fourth-order valence-electron chi connectivity index (χ4n) is 4.07. The number of nitrogens with zero attached hydrogens (tertiary/aromatic N) is 2. The van der Waals surface area contributed by atoms with Gasteiger partial charge in [-0.15, -0.1) is 0 Å². The molecular formula is C19H26N2O4. The Hall–Kier alpha value is -2.08. The lowest BCUT2D eigenvalue weighted by molar-refractivity contribution is -0.154. The molecule has 6 heteroatoms. The number of rotatable bonds is 4. The van der Waals surface area contributed by atoms with Crippen LogP contribution in [0.25, 0.3) is 0 Å². The number of ether oxygens (including phenoxy) is 1. The molecule has 136 valence electrons. The van der Waals surface area contributed by atoms with Crippen LogP contribution in [0, 0.1) is 25.2 Å². The van der Waals surface area contributed by atoms with Crippen molar-refractivity contribution in [3.8, 4) is 5.75 Å². The maximum Gasteiger partial charge on any atom is 0.313 e. The Morgan fingerprint density at radius 1 is 1.32 bits per heavy atom. The second-order valence-electron chi connectivity index (χ2n) is 7.45. The van der Waals surface area contributed by atoms with E-state index in [1.807, 2.05) is 44.0 Å². The molecule has 6 nitrogen and oxygen atoms in total. The van der Waals surface area contributed by atoms with E-state index in [1.165, 1.54) is 0 Å². The van der Waals surface area contributed by atoms with E-state index in [1.54, 1.807) is 4.90 Å².